The van der Waals surface area contributed by atoms with Crippen LogP contribution in [-0.2, 0) is 0 Å². The van der Waals surface area contributed by atoms with E-state index in [1.807, 2.05) is 47.2 Å². The largest absolute Gasteiger partial charge is 0.279 e. The van der Waals surface area contributed by atoms with Gasteiger partial charge in [0.15, 0.2) is 0 Å². The van der Waals surface area contributed by atoms with E-state index < -0.39 is 0 Å². The molecule has 5 nitrogen and oxygen atoms in total. The van der Waals surface area contributed by atoms with Crippen molar-refractivity contribution in [3.63, 3.8) is 0 Å². The van der Waals surface area contributed by atoms with E-state index in [0.29, 0.717) is 17.0 Å². The van der Waals surface area contributed by atoms with Crippen LogP contribution >= 0.6 is 11.3 Å². The van der Waals surface area contributed by atoms with Crippen molar-refractivity contribution >= 4 is 11.3 Å². The van der Waals surface area contributed by atoms with Gasteiger partial charge in [0.1, 0.15) is 5.69 Å². The van der Waals surface area contributed by atoms with Crippen molar-refractivity contribution in [2.75, 3.05) is 0 Å². The van der Waals surface area contributed by atoms with Gasteiger partial charge in [0.2, 0.25) is 0 Å². The molecule has 0 N–H and O–H groups in total. The Morgan fingerprint density at radius 2 is 1.96 bits per heavy atom. The lowest BCUT2D eigenvalue weighted by atomic mass is 10.1. The summed E-state index contributed by atoms with van der Waals surface area (Å²) in [7, 11) is 0. The van der Waals surface area contributed by atoms with Crippen LogP contribution in [0.3, 0.4) is 0 Å². The van der Waals surface area contributed by atoms with Gasteiger partial charge < -0.3 is 0 Å². The highest BCUT2D eigenvalue weighted by Crippen LogP contribution is 2.21. The fourth-order valence-electron chi connectivity index (χ4n) is 2.42. The number of aromatic nitrogens is 4. The molecule has 0 saturated heterocycles. The van der Waals surface area contributed by atoms with Gasteiger partial charge in [-0.1, -0.05) is 12.1 Å². The lowest BCUT2D eigenvalue weighted by Crippen LogP contribution is -2.23. The van der Waals surface area contributed by atoms with Crippen LogP contribution in [0.1, 0.15) is 0 Å². The van der Waals surface area contributed by atoms with Crippen LogP contribution in [-0.4, -0.2) is 19.7 Å². The molecule has 0 bridgehead atoms. The van der Waals surface area contributed by atoms with E-state index in [9.17, 15) is 4.79 Å². The van der Waals surface area contributed by atoms with E-state index in [4.69, 9.17) is 0 Å². The van der Waals surface area contributed by atoms with Crippen molar-refractivity contribution in [1.82, 2.24) is 19.7 Å². The third-order valence-corrected chi connectivity index (χ3v) is 4.23. The summed E-state index contributed by atoms with van der Waals surface area (Å²) in [6.45, 7) is 0. The number of rotatable bonds is 3. The molecule has 4 heterocycles. The molecule has 0 aliphatic rings. The molecular weight excluding hydrogens is 320 g/mol. The second-order valence-electron chi connectivity index (χ2n) is 5.10. The molecule has 0 aromatic carbocycles. The quantitative estimate of drug-likeness (QED) is 0.577. The van der Waals surface area contributed by atoms with Crippen molar-refractivity contribution in [2.24, 2.45) is 0 Å². The summed E-state index contributed by atoms with van der Waals surface area (Å²) in [6, 6.07) is 12.9. The third-order valence-electron chi connectivity index (χ3n) is 3.56. The summed E-state index contributed by atoms with van der Waals surface area (Å²) in [4.78, 5) is 21.4. The molecule has 6 heteroatoms. The molecule has 0 saturated carbocycles. The van der Waals surface area contributed by atoms with Crippen LogP contribution in [0.4, 0.5) is 0 Å². The lowest BCUT2D eigenvalue weighted by molar-refractivity contribution is 0.816. The first-order chi connectivity index (χ1) is 11.8. The molecule has 0 unspecified atom stereocenters. The molecule has 0 aliphatic carbocycles. The average Bonchev–Trinajstić information content (AvgIpc) is 3.18. The zero-order chi connectivity index (χ0) is 16.4. The molecule has 0 aliphatic heterocycles. The molecule has 0 spiro atoms. The van der Waals surface area contributed by atoms with E-state index in [1.54, 1.807) is 24.7 Å². The third kappa shape index (κ3) is 2.63. The van der Waals surface area contributed by atoms with Crippen molar-refractivity contribution in [2.45, 2.75) is 0 Å². The lowest BCUT2D eigenvalue weighted by Gasteiger charge is -2.09. The van der Waals surface area contributed by atoms with Gasteiger partial charge in [-0.25, -0.2) is 0 Å². The highest BCUT2D eigenvalue weighted by Gasteiger charge is 2.14. The van der Waals surface area contributed by atoms with E-state index in [0.717, 1.165) is 11.3 Å². The van der Waals surface area contributed by atoms with Gasteiger partial charge in [-0.15, -0.1) is 0 Å². The van der Waals surface area contributed by atoms with Gasteiger partial charge in [-0.3, -0.25) is 14.8 Å². The van der Waals surface area contributed by atoms with E-state index >= 15 is 0 Å². The Hall–Kier alpha value is -3.12. The zero-order valence-electron chi connectivity index (χ0n) is 12.5. The van der Waals surface area contributed by atoms with Gasteiger partial charge in [0.05, 0.1) is 16.9 Å². The smallest absolute Gasteiger partial charge is 0.267 e. The van der Waals surface area contributed by atoms with Crippen molar-refractivity contribution in [3.8, 4) is 28.2 Å². The molecule has 0 atom stereocenters. The highest BCUT2D eigenvalue weighted by molar-refractivity contribution is 7.08. The predicted molar refractivity (Wildman–Crippen MR) is 94.2 cm³/mol. The van der Waals surface area contributed by atoms with Crippen LogP contribution in [0.5, 0.6) is 0 Å². The molecule has 0 amide bonds. The number of hydrogen-bond donors (Lipinski definition) is 0. The summed E-state index contributed by atoms with van der Waals surface area (Å²) in [6.07, 6.45) is 5.07. The fourth-order valence-corrected chi connectivity index (χ4v) is 3.03. The first kappa shape index (κ1) is 14.5. The summed E-state index contributed by atoms with van der Waals surface area (Å²) in [5, 5.41) is 8.31. The van der Waals surface area contributed by atoms with Crippen molar-refractivity contribution in [1.29, 1.82) is 0 Å². The van der Waals surface area contributed by atoms with Crippen LogP contribution in [0, 0.1) is 0 Å². The summed E-state index contributed by atoms with van der Waals surface area (Å²) < 4.78 is 1.42. The van der Waals surface area contributed by atoms with Crippen LogP contribution in [0.25, 0.3) is 28.2 Å². The maximum absolute atomic E-state index is 12.9. The Morgan fingerprint density at radius 1 is 1.00 bits per heavy atom. The molecular formula is C18H12N4OS. The van der Waals surface area contributed by atoms with Gasteiger partial charge >= 0.3 is 0 Å². The van der Waals surface area contributed by atoms with Crippen LogP contribution in [0.15, 0.2) is 76.6 Å². The Morgan fingerprint density at radius 3 is 2.67 bits per heavy atom. The highest BCUT2D eigenvalue weighted by atomic mass is 32.1. The minimum absolute atomic E-state index is 0.180. The predicted octanol–water partition coefficient (Wildman–Crippen LogP) is 3.42. The van der Waals surface area contributed by atoms with Crippen molar-refractivity contribution in [3.05, 3.63) is 82.2 Å². The summed E-state index contributed by atoms with van der Waals surface area (Å²) in [5.74, 6) is 0. The van der Waals surface area contributed by atoms with E-state index in [1.165, 1.54) is 16.0 Å². The van der Waals surface area contributed by atoms with E-state index in [-0.39, 0.29) is 5.56 Å². The molecule has 4 aromatic rings. The number of nitrogens with zero attached hydrogens (tertiary/aromatic N) is 4. The van der Waals surface area contributed by atoms with Crippen molar-refractivity contribution < 1.29 is 0 Å². The molecule has 116 valence electrons. The molecule has 4 rings (SSSR count). The van der Waals surface area contributed by atoms with Gasteiger partial charge in [-0.05, 0) is 35.7 Å². The number of hydrogen-bond acceptors (Lipinski definition) is 5. The maximum atomic E-state index is 12.9. The monoisotopic (exact) mass is 332 g/mol. The van der Waals surface area contributed by atoms with Gasteiger partial charge in [0.25, 0.3) is 5.56 Å². The SMILES string of the molecule is O=c1c(-c2cccnc2)cc(-c2ccccn2)nn1-c1ccsc1. The standard InChI is InChI=1S/C18H12N4OS/c23-18-15(13-4-3-7-19-11-13)10-17(16-5-1-2-8-20-16)21-22(18)14-6-9-24-12-14/h1-12H. The van der Waals surface area contributed by atoms with Crippen LogP contribution < -0.4 is 5.56 Å². The fraction of sp³-hybridized carbons (Fsp3) is 0. The minimum Gasteiger partial charge on any atom is -0.267 e. The second-order valence-corrected chi connectivity index (χ2v) is 5.88. The Labute approximate surface area is 141 Å². The molecule has 24 heavy (non-hydrogen) atoms. The number of pyridine rings is 2. The summed E-state index contributed by atoms with van der Waals surface area (Å²) >= 11 is 1.52. The Balaban J connectivity index is 2.00. The van der Waals surface area contributed by atoms with Crippen LogP contribution in [0.2, 0.25) is 0 Å². The molecule has 4 aromatic heterocycles. The number of thiophene rings is 1. The first-order valence-corrected chi connectivity index (χ1v) is 8.26. The summed E-state index contributed by atoms with van der Waals surface area (Å²) in [5.41, 5.74) is 3.22. The van der Waals surface area contributed by atoms with E-state index in [2.05, 4.69) is 15.1 Å². The topological polar surface area (TPSA) is 60.7 Å². The Kier molecular flexibility index (Phi) is 3.72. The first-order valence-electron chi connectivity index (χ1n) is 7.32. The minimum atomic E-state index is -0.180. The molecule has 0 radical (unpaired) electrons. The maximum Gasteiger partial charge on any atom is 0.279 e. The second kappa shape index (κ2) is 6.17. The van der Waals surface area contributed by atoms with Gasteiger partial charge in [-0.2, -0.15) is 21.1 Å². The van der Waals surface area contributed by atoms with Gasteiger partial charge in [0, 0.05) is 29.5 Å². The molecule has 0 fully saturated rings. The normalized spacial score (nSPS) is 10.7. The average molecular weight is 332 g/mol. The Bertz CT molecular complexity index is 1010. The zero-order valence-corrected chi connectivity index (χ0v) is 13.4.